The van der Waals surface area contributed by atoms with E-state index in [9.17, 15) is 44.1 Å². The molecule has 7 rings (SSSR count). The van der Waals surface area contributed by atoms with Crippen molar-refractivity contribution in [3.8, 4) is 17.2 Å². The number of nitrogens with zero attached hydrogens (tertiary/aromatic N) is 1. The second-order valence-electron chi connectivity index (χ2n) is 11.4. The number of nitrogens with one attached hydrogen (secondary N) is 2. The molecular weight excluding hydrogens is 648 g/mol. The van der Waals surface area contributed by atoms with E-state index in [2.05, 4.69) is 15.5 Å². The van der Waals surface area contributed by atoms with Crippen molar-refractivity contribution >= 4 is 63.3 Å². The van der Waals surface area contributed by atoms with Crippen LogP contribution < -0.4 is 16.7 Å². The minimum Gasteiger partial charge on any atom is -0.507 e. The van der Waals surface area contributed by atoms with Crippen molar-refractivity contribution in [2.45, 2.75) is 18.3 Å². The van der Waals surface area contributed by atoms with Gasteiger partial charge in [0.25, 0.3) is 11.5 Å². The molecule has 0 bridgehead atoms. The number of carbonyl (C=O) groups is 5. The number of anilines is 1. The quantitative estimate of drug-likeness (QED) is 0.0607. The average Bonchev–Trinajstić information content (AvgIpc) is 3.53. The van der Waals surface area contributed by atoms with E-state index in [0.717, 1.165) is 19.4 Å². The van der Waals surface area contributed by atoms with Crippen molar-refractivity contribution in [1.29, 1.82) is 0 Å². The molecule has 4 aromatic rings. The van der Waals surface area contributed by atoms with Gasteiger partial charge in [-0.25, -0.2) is 5.43 Å². The predicted molar refractivity (Wildman–Crippen MR) is 169 cm³/mol. The first-order valence-electron chi connectivity index (χ1n) is 14.2. The topological polar surface area (TPSA) is 239 Å². The number of methoxy groups -OCH3 is 1. The van der Waals surface area contributed by atoms with E-state index >= 15 is 0 Å². The lowest BCUT2D eigenvalue weighted by molar-refractivity contribution is 0.0790. The highest BCUT2D eigenvalue weighted by molar-refractivity contribution is 6.39. The number of halogens is 1. The Balaban J connectivity index is 1.30. The van der Waals surface area contributed by atoms with Gasteiger partial charge < -0.3 is 30.8 Å². The van der Waals surface area contributed by atoms with Crippen LogP contribution in [0.5, 0.6) is 17.2 Å². The fourth-order valence-corrected chi connectivity index (χ4v) is 6.95. The summed E-state index contributed by atoms with van der Waals surface area (Å²) in [6.45, 7) is 0. The molecule has 0 saturated carbocycles. The maximum Gasteiger partial charge on any atom is 0.273 e. The number of allylic oxidation sites excluding steroid dienone is 2. The van der Waals surface area contributed by atoms with Crippen molar-refractivity contribution < 1.29 is 44.0 Å². The molecule has 3 aliphatic rings. The number of amides is 1. The van der Waals surface area contributed by atoms with Crippen LogP contribution in [0.4, 0.5) is 5.69 Å². The van der Waals surface area contributed by atoms with Gasteiger partial charge in [-0.1, -0.05) is 17.7 Å². The number of Topliss-reactive ketones (excluding diaryl/α,β-unsaturated/α-hetero) is 3. The highest BCUT2D eigenvalue weighted by atomic mass is 35.5. The fraction of sp³-hybridized carbons (Fsp3) is 0.121. The normalized spacial score (nSPS) is 18.0. The molecule has 1 spiro atoms. The number of H-pyrrole nitrogens is 1. The number of aromatic nitrogens is 1. The first kappa shape index (κ1) is 30.4. The first-order chi connectivity index (χ1) is 22.8. The molecule has 14 nitrogen and oxygen atoms in total. The number of hydrogen-bond donors (Lipinski definition) is 6. The number of pyridine rings is 1. The molecule has 0 fully saturated rings. The maximum atomic E-state index is 14.1. The SMILES string of the molecule is COC1=CC(=O)c2c(O)c3c(c(O)c2C1=O)C(=O)[C@]1(CCc2cc4cc(/C=N/NC(=O)c5cc(Cl)ccc5N)[nH]c(=O)c4c(O)c21)C3=O. The number of rotatable bonds is 4. The van der Waals surface area contributed by atoms with Gasteiger partial charge in [-0.2, -0.15) is 5.10 Å². The third-order valence-electron chi connectivity index (χ3n) is 8.89. The zero-order chi connectivity index (χ0) is 34.4. The molecule has 1 heterocycles. The lowest BCUT2D eigenvalue weighted by atomic mass is 9.76. The Kier molecular flexibility index (Phi) is 6.56. The largest absolute Gasteiger partial charge is 0.507 e. The van der Waals surface area contributed by atoms with Gasteiger partial charge >= 0.3 is 0 Å². The Morgan fingerprint density at radius 3 is 2.38 bits per heavy atom. The Hall–Kier alpha value is -6.28. The minimum absolute atomic E-state index is 0.0616. The van der Waals surface area contributed by atoms with Crippen molar-refractivity contribution in [1.82, 2.24) is 10.4 Å². The molecule has 15 heteroatoms. The molecule has 1 aromatic heterocycles. The molecule has 0 aliphatic heterocycles. The molecule has 3 aromatic carbocycles. The van der Waals surface area contributed by atoms with Crippen LogP contribution in [0.25, 0.3) is 10.8 Å². The molecule has 0 unspecified atom stereocenters. The number of benzene rings is 3. The van der Waals surface area contributed by atoms with Gasteiger partial charge in [0, 0.05) is 22.3 Å². The molecule has 7 N–H and O–H groups in total. The zero-order valence-electron chi connectivity index (χ0n) is 24.6. The first-order valence-corrected chi connectivity index (χ1v) is 14.6. The number of hydrogen-bond acceptors (Lipinski definition) is 12. The van der Waals surface area contributed by atoms with Crippen molar-refractivity contribution in [3.63, 3.8) is 0 Å². The van der Waals surface area contributed by atoms with Crippen LogP contribution in [0.1, 0.15) is 75.0 Å². The molecule has 240 valence electrons. The van der Waals surface area contributed by atoms with E-state index in [4.69, 9.17) is 22.1 Å². The van der Waals surface area contributed by atoms with E-state index in [0.29, 0.717) is 5.56 Å². The van der Waals surface area contributed by atoms with E-state index in [1.54, 1.807) is 0 Å². The van der Waals surface area contributed by atoms with Crippen molar-refractivity contribution in [2.24, 2.45) is 5.10 Å². The van der Waals surface area contributed by atoms with Gasteiger partial charge in [0.05, 0.1) is 52.2 Å². The second kappa shape index (κ2) is 10.4. The molecule has 3 aliphatic carbocycles. The standard InChI is InChI=1S/C33H21ClN4O10/c1-48-18-9-17(39)20-21(25(18)40)27(42)23-22(26(20)41)29(44)33(30(23)45)5-4-11-6-12-7-14(37-32(47)19(12)28(43)24(11)33)10-36-38-31(46)15-8-13(34)2-3-16(15)35/h2-3,6-10,41-43H,4-5,35H2,1H3,(H,37,47)(H,38,46)/b36-10+/t33-/m0/s1. The fourth-order valence-electron chi connectivity index (χ4n) is 6.77. The van der Waals surface area contributed by atoms with Crippen molar-refractivity contribution in [2.75, 3.05) is 12.8 Å². The lowest BCUT2D eigenvalue weighted by Crippen LogP contribution is -2.36. The number of aryl methyl sites for hydroxylation is 1. The smallest absolute Gasteiger partial charge is 0.273 e. The van der Waals surface area contributed by atoms with Crippen LogP contribution in [-0.2, 0) is 16.6 Å². The Labute approximate surface area is 273 Å². The summed E-state index contributed by atoms with van der Waals surface area (Å²) >= 11 is 5.93. The van der Waals surface area contributed by atoms with Crippen LogP contribution in [-0.4, -0.2) is 62.7 Å². The number of aromatic hydroxyl groups is 3. The number of phenols is 3. The van der Waals surface area contributed by atoms with Gasteiger partial charge in [0.2, 0.25) is 5.78 Å². The van der Waals surface area contributed by atoms with E-state index in [-0.39, 0.29) is 51.1 Å². The van der Waals surface area contributed by atoms with Crippen LogP contribution in [0.3, 0.4) is 0 Å². The molecule has 1 atom stereocenters. The number of aromatic amines is 1. The molecule has 1 amide bonds. The number of ketones is 4. The molecular formula is C33H21ClN4O10. The highest BCUT2D eigenvalue weighted by Gasteiger charge is 2.61. The Morgan fingerprint density at radius 1 is 1.00 bits per heavy atom. The van der Waals surface area contributed by atoms with Gasteiger partial charge in [-0.05, 0) is 48.1 Å². The predicted octanol–water partition coefficient (Wildman–Crippen LogP) is 2.82. The summed E-state index contributed by atoms with van der Waals surface area (Å²) in [5.41, 5.74) is 2.92. The summed E-state index contributed by atoms with van der Waals surface area (Å²) in [6.07, 6.45) is 1.79. The number of hydrazone groups is 1. The molecule has 48 heavy (non-hydrogen) atoms. The monoisotopic (exact) mass is 668 g/mol. The van der Waals surface area contributed by atoms with Crippen LogP contribution in [0.15, 0.2) is 52.1 Å². The van der Waals surface area contributed by atoms with Crippen LogP contribution in [0, 0.1) is 0 Å². The Morgan fingerprint density at radius 2 is 1.69 bits per heavy atom. The number of phenolic OH excluding ortho intramolecular Hbond substituents is 3. The number of carbonyl (C=O) groups excluding carboxylic acids is 5. The van der Waals surface area contributed by atoms with Gasteiger partial charge in [0.15, 0.2) is 23.1 Å². The number of nitrogens with two attached hydrogens (primary N) is 1. The maximum absolute atomic E-state index is 14.1. The third kappa shape index (κ3) is 3.95. The van der Waals surface area contributed by atoms with Gasteiger partial charge in [-0.15, -0.1) is 0 Å². The minimum atomic E-state index is -2.17. The highest BCUT2D eigenvalue weighted by Crippen LogP contribution is 2.57. The van der Waals surface area contributed by atoms with E-state index < -0.39 is 85.3 Å². The summed E-state index contributed by atoms with van der Waals surface area (Å²) in [7, 11) is 1.12. The van der Waals surface area contributed by atoms with Crippen molar-refractivity contribution in [3.05, 3.63) is 102 Å². The summed E-state index contributed by atoms with van der Waals surface area (Å²) < 4.78 is 4.91. The van der Waals surface area contributed by atoms with Gasteiger partial charge in [-0.3, -0.25) is 28.8 Å². The third-order valence-corrected chi connectivity index (χ3v) is 9.13. The molecule has 0 radical (unpaired) electrons. The van der Waals surface area contributed by atoms with Gasteiger partial charge in [0.1, 0.15) is 22.7 Å². The summed E-state index contributed by atoms with van der Waals surface area (Å²) in [6, 6.07) is 7.28. The lowest BCUT2D eigenvalue weighted by Gasteiger charge is -2.22. The second-order valence-corrected chi connectivity index (χ2v) is 11.8. The zero-order valence-corrected chi connectivity index (χ0v) is 25.3. The van der Waals surface area contributed by atoms with Crippen LogP contribution in [0.2, 0.25) is 5.02 Å². The van der Waals surface area contributed by atoms with E-state index in [1.165, 1.54) is 30.3 Å². The number of fused-ring (bicyclic) bond motifs is 5. The van der Waals surface area contributed by atoms with Crippen LogP contribution >= 0.6 is 11.6 Å². The van der Waals surface area contributed by atoms with E-state index in [1.807, 2.05) is 0 Å². The average molecular weight is 669 g/mol. The summed E-state index contributed by atoms with van der Waals surface area (Å²) in [5, 5.41) is 37.9. The Bertz CT molecular complexity index is 2390. The summed E-state index contributed by atoms with van der Waals surface area (Å²) in [4.78, 5) is 82.4. The molecule has 0 saturated heterocycles. The number of nitrogen functional groups attached to an aromatic ring is 1. The number of ether oxygens (including phenoxy) is 1. The summed E-state index contributed by atoms with van der Waals surface area (Å²) in [5.74, 6) is -7.66.